The monoisotopic (exact) mass is 692 g/mol. The van der Waals surface area contributed by atoms with Crippen LogP contribution in [-0.2, 0) is 23.0 Å². The lowest BCUT2D eigenvalue weighted by atomic mass is 9.91. The maximum atomic E-state index is 16.3. The standard InChI is InChI=1S/C36H41FN4O5S2/c1-6-27-19-34(48(42,43)41(35-38-15-17-47-35)24-28-10-13-30(45-4)20-33(28)46-5)31(37)21-32(27)39(2)36-14-7-16-40(36)23-26(22-36)18-25-8-11-29(44-3)12-9-25/h6,8-13,15,17,19-21,26H,1,7,14,16,18,22-24H2,2-5H3/t26-,36-/m1/s1. The van der Waals surface area contributed by atoms with Gasteiger partial charge in [-0.15, -0.1) is 11.3 Å². The highest BCUT2D eigenvalue weighted by Gasteiger charge is 2.51. The Bertz CT molecular complexity index is 1870. The number of benzene rings is 3. The molecule has 12 heteroatoms. The lowest BCUT2D eigenvalue weighted by molar-refractivity contribution is 0.194. The minimum atomic E-state index is -4.42. The summed E-state index contributed by atoms with van der Waals surface area (Å²) < 4.78 is 62.3. The van der Waals surface area contributed by atoms with Crippen LogP contribution >= 0.6 is 11.3 Å². The van der Waals surface area contributed by atoms with Gasteiger partial charge in [0.05, 0.1) is 33.5 Å². The molecular weight excluding hydrogens is 652 g/mol. The number of ether oxygens (including phenoxy) is 3. The third kappa shape index (κ3) is 6.24. The van der Waals surface area contributed by atoms with Gasteiger partial charge in [0, 0.05) is 49.0 Å². The number of fused-ring (bicyclic) bond motifs is 1. The molecule has 0 unspecified atom stereocenters. The summed E-state index contributed by atoms with van der Waals surface area (Å²) in [5.74, 6) is 1.42. The van der Waals surface area contributed by atoms with E-state index in [-0.39, 0.29) is 17.3 Å². The molecule has 3 heterocycles. The Labute approximate surface area is 286 Å². The van der Waals surface area contributed by atoms with Gasteiger partial charge in [0.1, 0.15) is 28.0 Å². The molecule has 254 valence electrons. The zero-order valence-corrected chi connectivity index (χ0v) is 29.3. The van der Waals surface area contributed by atoms with E-state index in [2.05, 4.69) is 33.5 Å². The van der Waals surface area contributed by atoms with Gasteiger partial charge in [0.25, 0.3) is 10.0 Å². The summed E-state index contributed by atoms with van der Waals surface area (Å²) in [4.78, 5) is 8.49. The second kappa shape index (κ2) is 13.8. The molecule has 2 aliphatic rings. The molecule has 48 heavy (non-hydrogen) atoms. The largest absolute Gasteiger partial charge is 0.497 e. The number of sulfonamides is 1. The first kappa shape index (κ1) is 33.8. The second-order valence-electron chi connectivity index (χ2n) is 12.3. The van der Waals surface area contributed by atoms with E-state index in [4.69, 9.17) is 14.2 Å². The van der Waals surface area contributed by atoms with Crippen LogP contribution in [0.1, 0.15) is 36.0 Å². The molecule has 0 spiro atoms. The van der Waals surface area contributed by atoms with Crippen LogP contribution in [0.3, 0.4) is 0 Å². The molecule has 0 bridgehead atoms. The van der Waals surface area contributed by atoms with Gasteiger partial charge in [-0.1, -0.05) is 24.8 Å². The molecule has 2 atom stereocenters. The van der Waals surface area contributed by atoms with Crippen molar-refractivity contribution in [1.29, 1.82) is 0 Å². The van der Waals surface area contributed by atoms with Crippen LogP contribution in [0.5, 0.6) is 17.2 Å². The van der Waals surface area contributed by atoms with Crippen LogP contribution in [0.15, 0.2) is 77.6 Å². The Hall–Kier alpha value is -4.13. The Morgan fingerprint density at radius 2 is 1.83 bits per heavy atom. The van der Waals surface area contributed by atoms with Crippen LogP contribution in [0, 0.1) is 11.7 Å². The quantitative estimate of drug-likeness (QED) is 0.151. The molecule has 4 aromatic rings. The molecule has 9 nitrogen and oxygen atoms in total. The minimum absolute atomic E-state index is 0.124. The molecule has 0 saturated carbocycles. The van der Waals surface area contributed by atoms with Crippen molar-refractivity contribution in [3.8, 4) is 17.2 Å². The molecule has 0 radical (unpaired) electrons. The van der Waals surface area contributed by atoms with Gasteiger partial charge in [-0.25, -0.2) is 22.1 Å². The highest BCUT2D eigenvalue weighted by Crippen LogP contribution is 2.47. The predicted molar refractivity (Wildman–Crippen MR) is 188 cm³/mol. The van der Waals surface area contributed by atoms with E-state index in [9.17, 15) is 8.42 Å². The van der Waals surface area contributed by atoms with Gasteiger partial charge < -0.3 is 19.1 Å². The Morgan fingerprint density at radius 1 is 1.08 bits per heavy atom. The maximum absolute atomic E-state index is 16.3. The highest BCUT2D eigenvalue weighted by molar-refractivity contribution is 7.93. The van der Waals surface area contributed by atoms with Crippen molar-refractivity contribution in [2.75, 3.05) is 50.7 Å². The number of hydrogen-bond donors (Lipinski definition) is 0. The fourth-order valence-corrected chi connectivity index (χ4v) is 9.63. The first-order valence-electron chi connectivity index (χ1n) is 15.8. The molecule has 3 aromatic carbocycles. The van der Waals surface area contributed by atoms with Crippen LogP contribution < -0.4 is 23.4 Å². The van der Waals surface area contributed by atoms with Crippen molar-refractivity contribution < 1.29 is 27.0 Å². The zero-order chi connectivity index (χ0) is 34.1. The lowest BCUT2D eigenvalue weighted by Gasteiger charge is -2.43. The van der Waals surface area contributed by atoms with Gasteiger partial charge in [0.15, 0.2) is 5.13 Å². The summed E-state index contributed by atoms with van der Waals surface area (Å²) in [5, 5.41) is 1.89. The number of halogens is 1. The lowest BCUT2D eigenvalue weighted by Crippen LogP contribution is -2.52. The number of anilines is 2. The summed E-state index contributed by atoms with van der Waals surface area (Å²) in [6.45, 7) is 5.77. The van der Waals surface area contributed by atoms with Crippen molar-refractivity contribution in [1.82, 2.24) is 9.88 Å². The Kier molecular flexibility index (Phi) is 9.69. The van der Waals surface area contributed by atoms with Gasteiger partial charge >= 0.3 is 0 Å². The van der Waals surface area contributed by atoms with E-state index in [1.54, 1.807) is 43.9 Å². The van der Waals surface area contributed by atoms with E-state index in [0.717, 1.165) is 60.2 Å². The molecular formula is C36H41FN4O5S2. The molecule has 0 amide bonds. The summed E-state index contributed by atoms with van der Waals surface area (Å²) in [6, 6.07) is 16.1. The van der Waals surface area contributed by atoms with Crippen molar-refractivity contribution in [2.45, 2.75) is 42.8 Å². The maximum Gasteiger partial charge on any atom is 0.269 e. The van der Waals surface area contributed by atoms with E-state index < -0.39 is 20.7 Å². The minimum Gasteiger partial charge on any atom is -0.497 e. The molecule has 0 N–H and O–H groups in total. The second-order valence-corrected chi connectivity index (χ2v) is 15.0. The van der Waals surface area contributed by atoms with Crippen molar-refractivity contribution >= 4 is 38.3 Å². The number of hydrogen-bond acceptors (Lipinski definition) is 9. The summed E-state index contributed by atoms with van der Waals surface area (Å²) in [5.41, 5.74) is 2.67. The van der Waals surface area contributed by atoms with Crippen LogP contribution in [0.4, 0.5) is 15.2 Å². The number of aromatic nitrogens is 1. The topological polar surface area (TPSA) is 84.4 Å². The van der Waals surface area contributed by atoms with E-state index >= 15 is 4.39 Å². The first-order valence-corrected chi connectivity index (χ1v) is 18.2. The zero-order valence-electron chi connectivity index (χ0n) is 27.7. The van der Waals surface area contributed by atoms with Crippen LogP contribution in [0.2, 0.25) is 0 Å². The molecule has 2 saturated heterocycles. The molecule has 2 fully saturated rings. The summed E-state index contributed by atoms with van der Waals surface area (Å²) in [6.07, 6.45) is 6.94. The van der Waals surface area contributed by atoms with E-state index in [1.165, 1.54) is 31.0 Å². The number of methoxy groups -OCH3 is 3. The first-order chi connectivity index (χ1) is 23.1. The normalized spacial score (nSPS) is 19.1. The molecule has 1 aromatic heterocycles. The summed E-state index contributed by atoms with van der Waals surface area (Å²) >= 11 is 1.15. The third-order valence-corrected chi connectivity index (χ3v) is 12.3. The summed E-state index contributed by atoms with van der Waals surface area (Å²) in [7, 11) is 2.28. The number of thiazole rings is 1. The fraction of sp³-hybridized carbons (Fsp3) is 0.361. The Morgan fingerprint density at radius 3 is 2.50 bits per heavy atom. The van der Waals surface area contributed by atoms with E-state index in [1.807, 2.05) is 19.2 Å². The van der Waals surface area contributed by atoms with Gasteiger partial charge in [-0.3, -0.25) is 4.90 Å². The van der Waals surface area contributed by atoms with Gasteiger partial charge in [0.2, 0.25) is 0 Å². The fourth-order valence-electron chi connectivity index (χ4n) is 7.28. The number of rotatable bonds is 13. The highest BCUT2D eigenvalue weighted by atomic mass is 32.2. The van der Waals surface area contributed by atoms with Crippen LogP contribution in [-0.4, -0.2) is 65.4 Å². The molecule has 2 aliphatic heterocycles. The Balaban J connectivity index is 1.32. The molecule has 0 aliphatic carbocycles. The average molecular weight is 693 g/mol. The average Bonchev–Trinajstić information content (AvgIpc) is 3.84. The van der Waals surface area contributed by atoms with Gasteiger partial charge in [-0.2, -0.15) is 0 Å². The predicted octanol–water partition coefficient (Wildman–Crippen LogP) is 6.84. The van der Waals surface area contributed by atoms with Crippen molar-refractivity contribution in [3.05, 3.63) is 95.3 Å². The van der Waals surface area contributed by atoms with E-state index in [0.29, 0.717) is 34.2 Å². The number of nitrogens with zero attached hydrogens (tertiary/aromatic N) is 4. The molecule has 6 rings (SSSR count). The third-order valence-electron chi connectivity index (χ3n) is 9.67. The van der Waals surface area contributed by atoms with Crippen molar-refractivity contribution in [3.63, 3.8) is 0 Å². The van der Waals surface area contributed by atoms with Crippen LogP contribution in [0.25, 0.3) is 6.08 Å². The smallest absolute Gasteiger partial charge is 0.269 e. The van der Waals surface area contributed by atoms with Gasteiger partial charge in [-0.05, 0) is 79.1 Å². The van der Waals surface area contributed by atoms with Crippen molar-refractivity contribution in [2.24, 2.45) is 5.92 Å². The SMILES string of the molecule is C=Cc1cc(S(=O)(=O)N(Cc2ccc(OC)cc2OC)c2nccs2)c(F)cc1N(C)[C@]12CCCN1C[C@H](Cc1ccc(OC)cc1)C2.